The van der Waals surface area contributed by atoms with Gasteiger partial charge in [0.05, 0.1) is 6.61 Å². The van der Waals surface area contributed by atoms with Gasteiger partial charge < -0.3 is 10.5 Å². The van der Waals surface area contributed by atoms with Gasteiger partial charge in [-0.05, 0) is 38.0 Å². The van der Waals surface area contributed by atoms with Crippen molar-refractivity contribution in [3.8, 4) is 0 Å². The van der Waals surface area contributed by atoms with Crippen molar-refractivity contribution in [2.24, 2.45) is 11.1 Å². The van der Waals surface area contributed by atoms with E-state index in [1.807, 2.05) is 6.92 Å². The van der Waals surface area contributed by atoms with Crippen LogP contribution in [0.15, 0.2) is 0 Å². The van der Waals surface area contributed by atoms with E-state index in [-0.39, 0.29) is 11.4 Å². The van der Waals surface area contributed by atoms with Gasteiger partial charge in [0.25, 0.3) is 0 Å². The number of ether oxygens (including phenoxy) is 1. The number of hydrogen-bond acceptors (Lipinski definition) is 3. The zero-order chi connectivity index (χ0) is 9.53. The van der Waals surface area contributed by atoms with Gasteiger partial charge in [-0.2, -0.15) is 0 Å². The minimum absolute atomic E-state index is 0.124. The van der Waals surface area contributed by atoms with Gasteiger partial charge in [0.1, 0.15) is 5.54 Å². The summed E-state index contributed by atoms with van der Waals surface area (Å²) in [7, 11) is 0. The van der Waals surface area contributed by atoms with Crippen LogP contribution in [-0.4, -0.2) is 18.1 Å². The molecule has 74 valence electrons. The van der Waals surface area contributed by atoms with E-state index in [0.29, 0.717) is 6.61 Å². The van der Waals surface area contributed by atoms with Crippen molar-refractivity contribution >= 4 is 5.97 Å². The van der Waals surface area contributed by atoms with Crippen LogP contribution >= 0.6 is 0 Å². The Bertz CT molecular complexity index is 230. The van der Waals surface area contributed by atoms with E-state index in [2.05, 4.69) is 0 Å². The molecule has 1 atom stereocenters. The molecule has 0 heterocycles. The number of nitrogens with two attached hydrogens (primary N) is 1. The molecule has 0 aromatic rings. The Kier molecular flexibility index (Phi) is 1.88. The third kappa shape index (κ3) is 0.966. The smallest absolute Gasteiger partial charge is 0.326 e. The zero-order valence-corrected chi connectivity index (χ0v) is 8.14. The number of carbonyl (C=O) groups excluding carboxylic acids is 1. The monoisotopic (exact) mass is 183 g/mol. The standard InChI is InChI=1S/C10H17NO2/c1-2-13-8(12)10(11)7-6-9(10)4-3-5-9/h2-7,11H2,1H3. The van der Waals surface area contributed by atoms with Crippen molar-refractivity contribution in [2.45, 2.75) is 44.6 Å². The SMILES string of the molecule is CCOC(=O)C1(N)CCC12CCC2. The lowest BCUT2D eigenvalue weighted by atomic mass is 9.46. The lowest BCUT2D eigenvalue weighted by Gasteiger charge is -2.60. The maximum absolute atomic E-state index is 11.6. The molecule has 1 spiro atoms. The number of rotatable bonds is 2. The highest BCUT2D eigenvalue weighted by Crippen LogP contribution is 2.61. The molecule has 0 aromatic heterocycles. The minimum Gasteiger partial charge on any atom is -0.465 e. The molecule has 2 aliphatic carbocycles. The van der Waals surface area contributed by atoms with Crippen LogP contribution in [0.2, 0.25) is 0 Å². The quantitative estimate of drug-likeness (QED) is 0.655. The Morgan fingerprint density at radius 3 is 2.38 bits per heavy atom. The van der Waals surface area contributed by atoms with Crippen LogP contribution in [0.5, 0.6) is 0 Å². The van der Waals surface area contributed by atoms with Gasteiger partial charge >= 0.3 is 5.97 Å². The Hall–Kier alpha value is -0.570. The molecule has 0 aromatic carbocycles. The molecule has 0 bridgehead atoms. The van der Waals surface area contributed by atoms with Crippen molar-refractivity contribution in [2.75, 3.05) is 6.61 Å². The highest BCUT2D eigenvalue weighted by Gasteiger charge is 2.64. The first-order chi connectivity index (χ1) is 6.15. The molecule has 0 radical (unpaired) electrons. The van der Waals surface area contributed by atoms with E-state index in [4.69, 9.17) is 10.5 Å². The summed E-state index contributed by atoms with van der Waals surface area (Å²) in [6, 6.07) is 0. The van der Waals surface area contributed by atoms with Gasteiger partial charge in [0, 0.05) is 0 Å². The van der Waals surface area contributed by atoms with Gasteiger partial charge in [-0.15, -0.1) is 0 Å². The van der Waals surface area contributed by atoms with E-state index in [0.717, 1.165) is 25.7 Å². The normalized spacial score (nSPS) is 34.9. The lowest BCUT2D eigenvalue weighted by Crippen LogP contribution is -2.71. The second-order valence-corrected chi connectivity index (χ2v) is 4.33. The van der Waals surface area contributed by atoms with Crippen LogP contribution in [0.25, 0.3) is 0 Å². The Morgan fingerprint density at radius 2 is 2.08 bits per heavy atom. The van der Waals surface area contributed by atoms with Crippen molar-refractivity contribution in [1.29, 1.82) is 0 Å². The van der Waals surface area contributed by atoms with Crippen molar-refractivity contribution in [3.05, 3.63) is 0 Å². The zero-order valence-electron chi connectivity index (χ0n) is 8.14. The topological polar surface area (TPSA) is 52.3 Å². The molecule has 3 nitrogen and oxygen atoms in total. The maximum atomic E-state index is 11.6. The molecule has 3 heteroatoms. The van der Waals surface area contributed by atoms with Crippen LogP contribution in [0.3, 0.4) is 0 Å². The molecule has 2 aliphatic rings. The summed E-state index contributed by atoms with van der Waals surface area (Å²) >= 11 is 0. The predicted molar refractivity (Wildman–Crippen MR) is 49.1 cm³/mol. The molecule has 2 rings (SSSR count). The number of esters is 1. The number of hydrogen-bond donors (Lipinski definition) is 1. The lowest BCUT2D eigenvalue weighted by molar-refractivity contribution is -0.173. The average molecular weight is 183 g/mol. The largest absolute Gasteiger partial charge is 0.465 e. The summed E-state index contributed by atoms with van der Waals surface area (Å²) < 4.78 is 5.02. The van der Waals surface area contributed by atoms with Crippen LogP contribution in [-0.2, 0) is 9.53 Å². The molecule has 0 saturated heterocycles. The van der Waals surface area contributed by atoms with Crippen LogP contribution < -0.4 is 5.73 Å². The van der Waals surface area contributed by atoms with E-state index in [1.165, 1.54) is 6.42 Å². The summed E-state index contributed by atoms with van der Waals surface area (Å²) in [5.41, 5.74) is 5.58. The van der Waals surface area contributed by atoms with Crippen molar-refractivity contribution in [1.82, 2.24) is 0 Å². The third-order valence-corrected chi connectivity index (χ3v) is 3.89. The van der Waals surface area contributed by atoms with Crippen LogP contribution in [0, 0.1) is 5.41 Å². The molecule has 1 unspecified atom stereocenters. The Balaban J connectivity index is 2.07. The molecule has 13 heavy (non-hydrogen) atoms. The van der Waals surface area contributed by atoms with E-state index in [1.54, 1.807) is 0 Å². The average Bonchev–Trinajstić information content (AvgIpc) is 1.98. The molecular weight excluding hydrogens is 166 g/mol. The highest BCUT2D eigenvalue weighted by molar-refractivity contribution is 5.83. The van der Waals surface area contributed by atoms with Gasteiger partial charge in [-0.1, -0.05) is 6.42 Å². The molecule has 2 saturated carbocycles. The number of carbonyl (C=O) groups is 1. The van der Waals surface area contributed by atoms with Gasteiger partial charge in [-0.25, -0.2) is 0 Å². The fourth-order valence-electron chi connectivity index (χ4n) is 2.63. The molecular formula is C10H17NO2. The fraction of sp³-hybridized carbons (Fsp3) is 0.900. The third-order valence-electron chi connectivity index (χ3n) is 3.89. The molecule has 2 fully saturated rings. The molecule has 0 amide bonds. The Morgan fingerprint density at radius 1 is 1.38 bits per heavy atom. The second kappa shape index (κ2) is 2.71. The highest BCUT2D eigenvalue weighted by atomic mass is 16.5. The van der Waals surface area contributed by atoms with Crippen molar-refractivity contribution < 1.29 is 9.53 Å². The predicted octanol–water partition coefficient (Wildman–Crippen LogP) is 1.21. The minimum atomic E-state index is -0.638. The summed E-state index contributed by atoms with van der Waals surface area (Å²) in [6.45, 7) is 2.27. The van der Waals surface area contributed by atoms with E-state index < -0.39 is 5.54 Å². The van der Waals surface area contributed by atoms with Crippen LogP contribution in [0.1, 0.15) is 39.0 Å². The fourth-order valence-corrected chi connectivity index (χ4v) is 2.63. The van der Waals surface area contributed by atoms with Gasteiger partial charge in [-0.3, -0.25) is 4.79 Å². The van der Waals surface area contributed by atoms with E-state index in [9.17, 15) is 4.79 Å². The summed E-state index contributed by atoms with van der Waals surface area (Å²) in [5, 5.41) is 0. The Labute approximate surface area is 78.6 Å². The summed E-state index contributed by atoms with van der Waals surface area (Å²) in [5.74, 6) is -0.180. The van der Waals surface area contributed by atoms with E-state index >= 15 is 0 Å². The first-order valence-electron chi connectivity index (χ1n) is 5.11. The second-order valence-electron chi connectivity index (χ2n) is 4.33. The van der Waals surface area contributed by atoms with Crippen LogP contribution in [0.4, 0.5) is 0 Å². The van der Waals surface area contributed by atoms with Gasteiger partial charge in [0.15, 0.2) is 0 Å². The van der Waals surface area contributed by atoms with Crippen molar-refractivity contribution in [3.63, 3.8) is 0 Å². The summed E-state index contributed by atoms with van der Waals surface area (Å²) in [4.78, 5) is 11.6. The van der Waals surface area contributed by atoms with Gasteiger partial charge in [0.2, 0.25) is 0 Å². The molecule has 0 aliphatic heterocycles. The molecule has 2 N–H and O–H groups in total. The maximum Gasteiger partial charge on any atom is 0.326 e. The first-order valence-corrected chi connectivity index (χ1v) is 5.11. The first kappa shape index (κ1) is 9.00. The summed E-state index contributed by atoms with van der Waals surface area (Å²) in [6.07, 6.45) is 5.37.